The average Bonchev–Trinajstić information content (AvgIpc) is 3.16. The van der Waals surface area contributed by atoms with E-state index in [9.17, 15) is 13.2 Å². The molecule has 1 aliphatic rings. The molecule has 0 aliphatic carbocycles. The van der Waals surface area contributed by atoms with Crippen molar-refractivity contribution in [3.8, 4) is 11.3 Å². The molecular formula is C17H21N3O3S. The molecule has 1 unspecified atom stereocenters. The van der Waals surface area contributed by atoms with Gasteiger partial charge < -0.3 is 9.47 Å². The Kier molecular flexibility index (Phi) is 4.71. The maximum atomic E-state index is 12.6. The largest absolute Gasteiger partial charge is 0.337 e. The summed E-state index contributed by atoms with van der Waals surface area (Å²) in [6, 6.07) is 9.56. The van der Waals surface area contributed by atoms with Gasteiger partial charge in [0.25, 0.3) is 0 Å². The van der Waals surface area contributed by atoms with Crippen LogP contribution in [0.4, 0.5) is 0 Å². The molecule has 6 nitrogen and oxygen atoms in total. The molecule has 0 spiro atoms. The lowest BCUT2D eigenvalue weighted by Crippen LogP contribution is -2.42. The zero-order valence-corrected chi connectivity index (χ0v) is 14.4. The fourth-order valence-electron chi connectivity index (χ4n) is 3.11. The van der Waals surface area contributed by atoms with Crippen molar-refractivity contribution < 1.29 is 13.2 Å². The first-order valence-electron chi connectivity index (χ1n) is 8.05. The number of rotatable bonds is 5. The first-order chi connectivity index (χ1) is 11.5. The van der Waals surface area contributed by atoms with E-state index in [0.29, 0.717) is 13.0 Å². The van der Waals surface area contributed by atoms with Crippen LogP contribution in [0.2, 0.25) is 0 Å². The summed E-state index contributed by atoms with van der Waals surface area (Å²) in [6.07, 6.45) is 4.01. The molecule has 1 aliphatic heterocycles. The second-order valence-corrected chi connectivity index (χ2v) is 8.26. The van der Waals surface area contributed by atoms with Crippen molar-refractivity contribution in [3.63, 3.8) is 0 Å². The number of likely N-dealkylation sites (N-methyl/N-ethyl adjacent to an activating group) is 1. The van der Waals surface area contributed by atoms with Crippen LogP contribution in [-0.4, -0.2) is 52.9 Å². The Morgan fingerprint density at radius 1 is 1.33 bits per heavy atom. The highest BCUT2D eigenvalue weighted by atomic mass is 32.2. The third kappa shape index (κ3) is 3.67. The molecule has 1 fully saturated rings. The summed E-state index contributed by atoms with van der Waals surface area (Å²) in [7, 11) is -3.00. The lowest BCUT2D eigenvalue weighted by molar-refractivity contribution is -0.133. The van der Waals surface area contributed by atoms with E-state index >= 15 is 0 Å². The summed E-state index contributed by atoms with van der Waals surface area (Å²) in [5.74, 6) is 0.174. The minimum absolute atomic E-state index is 0.0726. The van der Waals surface area contributed by atoms with Gasteiger partial charge in [-0.05, 0) is 13.3 Å². The topological polar surface area (TPSA) is 72.3 Å². The van der Waals surface area contributed by atoms with E-state index in [0.717, 1.165) is 11.3 Å². The molecule has 3 rings (SSSR count). The monoisotopic (exact) mass is 347 g/mol. The lowest BCUT2D eigenvalue weighted by atomic mass is 10.2. The van der Waals surface area contributed by atoms with E-state index in [1.54, 1.807) is 15.8 Å². The molecule has 1 saturated heterocycles. The number of carbonyl (C=O) groups is 1. The van der Waals surface area contributed by atoms with Crippen molar-refractivity contribution in [1.29, 1.82) is 0 Å². The number of sulfone groups is 1. The zero-order valence-electron chi connectivity index (χ0n) is 13.6. The van der Waals surface area contributed by atoms with Crippen LogP contribution in [0.5, 0.6) is 0 Å². The van der Waals surface area contributed by atoms with E-state index in [1.165, 1.54) is 0 Å². The predicted octanol–water partition coefficient (Wildman–Crippen LogP) is 1.59. The lowest BCUT2D eigenvalue weighted by Gasteiger charge is -2.27. The zero-order chi connectivity index (χ0) is 17.2. The van der Waals surface area contributed by atoms with Gasteiger partial charge in [0, 0.05) is 24.3 Å². The molecule has 24 heavy (non-hydrogen) atoms. The van der Waals surface area contributed by atoms with Gasteiger partial charge in [-0.25, -0.2) is 13.4 Å². The SMILES string of the molecule is CCN(C(=O)Cn1cnc(-c2ccccc2)c1)C1CCS(=O)(=O)C1. The highest BCUT2D eigenvalue weighted by molar-refractivity contribution is 7.91. The Balaban J connectivity index is 1.69. The quantitative estimate of drug-likeness (QED) is 0.823. The van der Waals surface area contributed by atoms with Crippen LogP contribution in [0.1, 0.15) is 13.3 Å². The van der Waals surface area contributed by atoms with Crippen molar-refractivity contribution in [1.82, 2.24) is 14.5 Å². The molecule has 0 saturated carbocycles. The van der Waals surface area contributed by atoms with E-state index in [-0.39, 0.29) is 30.0 Å². The predicted molar refractivity (Wildman–Crippen MR) is 92.1 cm³/mol. The van der Waals surface area contributed by atoms with E-state index in [2.05, 4.69) is 4.98 Å². The number of amides is 1. The van der Waals surface area contributed by atoms with Crippen molar-refractivity contribution in [2.75, 3.05) is 18.1 Å². The second-order valence-electron chi connectivity index (χ2n) is 6.03. The summed E-state index contributed by atoms with van der Waals surface area (Å²) in [6.45, 7) is 2.57. The first kappa shape index (κ1) is 16.7. The summed E-state index contributed by atoms with van der Waals surface area (Å²) in [4.78, 5) is 18.6. The van der Waals surface area contributed by atoms with Crippen molar-refractivity contribution in [2.24, 2.45) is 0 Å². The van der Waals surface area contributed by atoms with Crippen LogP contribution < -0.4 is 0 Å². The van der Waals surface area contributed by atoms with Gasteiger partial charge in [-0.2, -0.15) is 0 Å². The summed E-state index contributed by atoms with van der Waals surface area (Å²) < 4.78 is 25.0. The van der Waals surface area contributed by atoms with E-state index in [4.69, 9.17) is 0 Å². The normalized spacial score (nSPS) is 19.3. The molecule has 7 heteroatoms. The Hall–Kier alpha value is -2.15. The third-order valence-electron chi connectivity index (χ3n) is 4.33. The number of aromatic nitrogens is 2. The molecular weight excluding hydrogens is 326 g/mol. The van der Waals surface area contributed by atoms with Gasteiger partial charge >= 0.3 is 0 Å². The first-order valence-corrected chi connectivity index (χ1v) is 9.88. The maximum absolute atomic E-state index is 12.6. The van der Waals surface area contributed by atoms with Crippen LogP contribution in [-0.2, 0) is 21.2 Å². The highest BCUT2D eigenvalue weighted by Crippen LogP contribution is 2.19. The number of hydrogen-bond acceptors (Lipinski definition) is 4. The Morgan fingerprint density at radius 3 is 2.71 bits per heavy atom. The molecule has 1 aromatic heterocycles. The van der Waals surface area contributed by atoms with Gasteiger partial charge in [-0.3, -0.25) is 4.79 Å². The summed E-state index contributed by atoms with van der Waals surface area (Å²) >= 11 is 0. The van der Waals surface area contributed by atoms with Crippen LogP contribution in [0.25, 0.3) is 11.3 Å². The molecule has 0 bridgehead atoms. The van der Waals surface area contributed by atoms with Crippen LogP contribution in [0.15, 0.2) is 42.9 Å². The number of benzene rings is 1. The molecule has 1 aromatic carbocycles. The van der Waals surface area contributed by atoms with Crippen molar-refractivity contribution >= 4 is 15.7 Å². The number of nitrogens with zero attached hydrogens (tertiary/aromatic N) is 3. The fourth-order valence-corrected chi connectivity index (χ4v) is 4.84. The second kappa shape index (κ2) is 6.76. The fraction of sp³-hybridized carbons (Fsp3) is 0.412. The molecule has 2 heterocycles. The minimum atomic E-state index is -3.00. The highest BCUT2D eigenvalue weighted by Gasteiger charge is 2.33. The molecule has 0 N–H and O–H groups in total. The maximum Gasteiger partial charge on any atom is 0.242 e. The Labute approximate surface area is 142 Å². The Morgan fingerprint density at radius 2 is 2.08 bits per heavy atom. The molecule has 2 aromatic rings. The molecule has 0 radical (unpaired) electrons. The van der Waals surface area contributed by atoms with E-state index in [1.807, 2.05) is 43.5 Å². The standard InChI is InChI=1S/C17H21N3O3S/c1-2-20(15-8-9-24(22,23)12-15)17(21)11-19-10-16(18-13-19)14-6-4-3-5-7-14/h3-7,10,13,15H,2,8-9,11-12H2,1H3. The number of imidazole rings is 1. The molecule has 1 atom stereocenters. The third-order valence-corrected chi connectivity index (χ3v) is 6.08. The molecule has 1 amide bonds. The molecule has 128 valence electrons. The van der Waals surface area contributed by atoms with Gasteiger partial charge in [0.2, 0.25) is 5.91 Å². The minimum Gasteiger partial charge on any atom is -0.337 e. The number of carbonyl (C=O) groups excluding carboxylic acids is 1. The summed E-state index contributed by atoms with van der Waals surface area (Å²) in [5, 5.41) is 0. The van der Waals surface area contributed by atoms with Crippen LogP contribution in [0.3, 0.4) is 0 Å². The number of hydrogen-bond donors (Lipinski definition) is 0. The van der Waals surface area contributed by atoms with Gasteiger partial charge in [0.1, 0.15) is 6.54 Å². The van der Waals surface area contributed by atoms with Crippen molar-refractivity contribution in [2.45, 2.75) is 25.9 Å². The smallest absolute Gasteiger partial charge is 0.242 e. The van der Waals surface area contributed by atoms with E-state index < -0.39 is 9.84 Å². The van der Waals surface area contributed by atoms with Gasteiger partial charge in [-0.15, -0.1) is 0 Å². The van der Waals surface area contributed by atoms with Gasteiger partial charge in [0.15, 0.2) is 9.84 Å². The van der Waals surface area contributed by atoms with Gasteiger partial charge in [0.05, 0.1) is 23.5 Å². The van der Waals surface area contributed by atoms with Crippen molar-refractivity contribution in [3.05, 3.63) is 42.9 Å². The average molecular weight is 347 g/mol. The van der Waals surface area contributed by atoms with Crippen LogP contribution in [0, 0.1) is 0 Å². The van der Waals surface area contributed by atoms with Gasteiger partial charge in [-0.1, -0.05) is 30.3 Å². The Bertz CT molecular complexity index is 815. The summed E-state index contributed by atoms with van der Waals surface area (Å²) in [5.41, 5.74) is 1.81. The van der Waals surface area contributed by atoms with Crippen LogP contribution >= 0.6 is 0 Å².